The predicted octanol–water partition coefficient (Wildman–Crippen LogP) is 9.93. The fourth-order valence-corrected chi connectivity index (χ4v) is 5.65. The van der Waals surface area contributed by atoms with E-state index in [0.29, 0.717) is 23.2 Å². The van der Waals surface area contributed by atoms with E-state index in [1.54, 1.807) is 0 Å². The van der Waals surface area contributed by atoms with Crippen molar-refractivity contribution in [2.75, 3.05) is 5.32 Å². The molecule has 6 aromatic carbocycles. The molecule has 8 aromatic rings. The standard InChI is InChI=1S/C40H27N5O/c41-37(31-18-10-11-19-34(31)42-30-16-8-3-9-17-30)28-20-22-35-32(24-28)33-25-29(21-23-36(33)46-35)40-44-38(26-12-4-1-5-13-26)43-39(45-40)27-14-6-2-7-15-27/h1-25,41-42H. The first-order valence-corrected chi connectivity index (χ1v) is 15.0. The number of benzene rings is 6. The van der Waals surface area contributed by atoms with Gasteiger partial charge in [0.2, 0.25) is 0 Å². The molecule has 6 nitrogen and oxygen atoms in total. The minimum absolute atomic E-state index is 0.420. The van der Waals surface area contributed by atoms with Crippen molar-refractivity contribution < 1.29 is 4.42 Å². The van der Waals surface area contributed by atoms with Crippen LogP contribution in [-0.4, -0.2) is 20.7 Å². The molecule has 0 unspecified atom stereocenters. The highest BCUT2D eigenvalue weighted by molar-refractivity contribution is 6.17. The molecule has 0 aliphatic rings. The van der Waals surface area contributed by atoms with Crippen molar-refractivity contribution in [2.45, 2.75) is 0 Å². The molecule has 2 aromatic heterocycles. The molecule has 0 fully saturated rings. The lowest BCUT2D eigenvalue weighted by Crippen LogP contribution is -2.05. The van der Waals surface area contributed by atoms with Crippen LogP contribution in [0.2, 0.25) is 0 Å². The normalized spacial score (nSPS) is 11.1. The number of hydrogen-bond acceptors (Lipinski definition) is 6. The van der Waals surface area contributed by atoms with Crippen LogP contribution in [0, 0.1) is 5.41 Å². The van der Waals surface area contributed by atoms with Gasteiger partial charge in [-0.05, 0) is 54.6 Å². The maximum absolute atomic E-state index is 9.20. The van der Waals surface area contributed by atoms with E-state index in [1.165, 1.54) is 0 Å². The molecule has 6 heteroatoms. The molecule has 0 bridgehead atoms. The van der Waals surface area contributed by atoms with Gasteiger partial charge in [-0.2, -0.15) is 0 Å². The number of rotatable bonds is 7. The van der Waals surface area contributed by atoms with E-state index in [9.17, 15) is 5.41 Å². The van der Waals surface area contributed by atoms with Crippen LogP contribution in [0.5, 0.6) is 0 Å². The zero-order valence-corrected chi connectivity index (χ0v) is 24.7. The Bertz CT molecular complexity index is 2290. The molecule has 8 rings (SSSR count). The Hall–Kier alpha value is -6.40. The largest absolute Gasteiger partial charge is 0.456 e. The number of nitrogens with one attached hydrogen (secondary N) is 2. The van der Waals surface area contributed by atoms with E-state index in [4.69, 9.17) is 19.4 Å². The first kappa shape index (κ1) is 27.2. The number of para-hydroxylation sites is 2. The van der Waals surface area contributed by atoms with E-state index in [1.807, 2.05) is 146 Å². The van der Waals surface area contributed by atoms with Crippen LogP contribution < -0.4 is 5.32 Å². The smallest absolute Gasteiger partial charge is 0.164 e. The van der Waals surface area contributed by atoms with Gasteiger partial charge in [0.1, 0.15) is 11.2 Å². The predicted molar refractivity (Wildman–Crippen MR) is 186 cm³/mol. The zero-order valence-electron chi connectivity index (χ0n) is 24.7. The lowest BCUT2D eigenvalue weighted by atomic mass is 9.98. The summed E-state index contributed by atoms with van der Waals surface area (Å²) in [7, 11) is 0. The summed E-state index contributed by atoms with van der Waals surface area (Å²) in [4.78, 5) is 14.6. The minimum Gasteiger partial charge on any atom is -0.456 e. The van der Waals surface area contributed by atoms with E-state index in [-0.39, 0.29) is 0 Å². The summed E-state index contributed by atoms with van der Waals surface area (Å²) in [5.41, 5.74) is 8.07. The summed E-state index contributed by atoms with van der Waals surface area (Å²) < 4.78 is 6.24. The topological polar surface area (TPSA) is 87.7 Å². The van der Waals surface area contributed by atoms with Gasteiger partial charge in [0.05, 0.1) is 5.71 Å². The van der Waals surface area contributed by atoms with Crippen LogP contribution in [0.4, 0.5) is 11.4 Å². The van der Waals surface area contributed by atoms with Crippen LogP contribution in [0.25, 0.3) is 56.1 Å². The van der Waals surface area contributed by atoms with Crippen LogP contribution >= 0.6 is 0 Å². The van der Waals surface area contributed by atoms with Gasteiger partial charge in [-0.1, -0.05) is 97.1 Å². The lowest BCUT2D eigenvalue weighted by molar-refractivity contribution is 0.669. The Morgan fingerprint density at radius 3 is 1.67 bits per heavy atom. The Balaban J connectivity index is 1.21. The van der Waals surface area contributed by atoms with Crippen molar-refractivity contribution in [1.82, 2.24) is 15.0 Å². The molecule has 2 N–H and O–H groups in total. The molecule has 218 valence electrons. The lowest BCUT2D eigenvalue weighted by Gasteiger charge is -2.13. The highest BCUT2D eigenvalue weighted by atomic mass is 16.3. The van der Waals surface area contributed by atoms with Crippen LogP contribution in [-0.2, 0) is 0 Å². The molecule has 0 spiro atoms. The molecule has 0 saturated carbocycles. The van der Waals surface area contributed by atoms with Crippen molar-refractivity contribution in [2.24, 2.45) is 0 Å². The Kier molecular flexibility index (Phi) is 6.85. The first-order valence-electron chi connectivity index (χ1n) is 15.0. The molecule has 0 radical (unpaired) electrons. The molecule has 0 amide bonds. The van der Waals surface area contributed by atoms with E-state index >= 15 is 0 Å². The van der Waals surface area contributed by atoms with E-state index < -0.39 is 0 Å². The van der Waals surface area contributed by atoms with Gasteiger partial charge < -0.3 is 9.73 Å². The summed E-state index contributed by atoms with van der Waals surface area (Å²) in [6.07, 6.45) is 0. The second-order valence-electron chi connectivity index (χ2n) is 11.0. The van der Waals surface area contributed by atoms with Gasteiger partial charge in [-0.3, -0.25) is 5.41 Å². The third-order valence-corrected chi connectivity index (χ3v) is 7.96. The van der Waals surface area contributed by atoms with E-state index in [2.05, 4.69) is 11.4 Å². The maximum atomic E-state index is 9.20. The Morgan fingerprint density at radius 2 is 1.02 bits per heavy atom. The average Bonchev–Trinajstić information content (AvgIpc) is 3.50. The van der Waals surface area contributed by atoms with Gasteiger partial charge >= 0.3 is 0 Å². The van der Waals surface area contributed by atoms with Gasteiger partial charge in [0, 0.05) is 50.0 Å². The summed E-state index contributed by atoms with van der Waals surface area (Å²) in [5.74, 6) is 1.80. The molecule has 0 aliphatic heterocycles. The molecule has 0 atom stereocenters. The van der Waals surface area contributed by atoms with Gasteiger partial charge in [-0.15, -0.1) is 0 Å². The zero-order chi connectivity index (χ0) is 30.9. The fraction of sp³-hybridized carbons (Fsp3) is 0. The summed E-state index contributed by atoms with van der Waals surface area (Å²) in [5, 5.41) is 14.5. The average molecular weight is 594 g/mol. The number of nitrogens with zero attached hydrogens (tertiary/aromatic N) is 3. The summed E-state index contributed by atoms with van der Waals surface area (Å²) >= 11 is 0. The quantitative estimate of drug-likeness (QED) is 0.180. The second-order valence-corrected chi connectivity index (χ2v) is 11.0. The van der Waals surface area contributed by atoms with Crippen molar-refractivity contribution >= 4 is 39.0 Å². The van der Waals surface area contributed by atoms with Crippen molar-refractivity contribution in [3.63, 3.8) is 0 Å². The molecule has 0 aliphatic carbocycles. The third-order valence-electron chi connectivity index (χ3n) is 7.96. The fourth-order valence-electron chi connectivity index (χ4n) is 5.65. The number of hydrogen-bond donors (Lipinski definition) is 2. The number of furan rings is 1. The molecular formula is C40H27N5O. The number of aromatic nitrogens is 3. The van der Waals surface area contributed by atoms with Gasteiger partial charge in [0.25, 0.3) is 0 Å². The summed E-state index contributed by atoms with van der Waals surface area (Å²) in [6, 6.07) is 49.7. The SMILES string of the molecule is N=C(c1ccc2oc3ccc(-c4nc(-c5ccccc5)nc(-c5ccccc5)n4)cc3c2c1)c1ccccc1Nc1ccccc1. The number of anilines is 2. The van der Waals surface area contributed by atoms with E-state index in [0.717, 1.165) is 61.1 Å². The van der Waals surface area contributed by atoms with Crippen LogP contribution in [0.3, 0.4) is 0 Å². The van der Waals surface area contributed by atoms with Crippen LogP contribution in [0.1, 0.15) is 11.1 Å². The van der Waals surface area contributed by atoms with Crippen molar-refractivity contribution in [3.05, 3.63) is 163 Å². The maximum Gasteiger partial charge on any atom is 0.164 e. The third kappa shape index (κ3) is 5.18. The molecular weight excluding hydrogens is 566 g/mol. The van der Waals surface area contributed by atoms with Gasteiger partial charge in [-0.25, -0.2) is 15.0 Å². The molecule has 46 heavy (non-hydrogen) atoms. The highest BCUT2D eigenvalue weighted by Crippen LogP contribution is 2.34. The number of fused-ring (bicyclic) bond motifs is 3. The molecule has 2 heterocycles. The highest BCUT2D eigenvalue weighted by Gasteiger charge is 2.16. The van der Waals surface area contributed by atoms with Crippen molar-refractivity contribution in [3.8, 4) is 34.2 Å². The second kappa shape index (κ2) is 11.6. The Labute approximate surface area is 265 Å². The summed E-state index contributed by atoms with van der Waals surface area (Å²) in [6.45, 7) is 0. The van der Waals surface area contributed by atoms with Crippen molar-refractivity contribution in [1.29, 1.82) is 5.41 Å². The first-order chi connectivity index (χ1) is 22.7. The minimum atomic E-state index is 0.420. The van der Waals surface area contributed by atoms with Gasteiger partial charge in [0.15, 0.2) is 17.5 Å². The Morgan fingerprint density at radius 1 is 0.500 bits per heavy atom. The van der Waals surface area contributed by atoms with Crippen LogP contribution in [0.15, 0.2) is 156 Å². The molecule has 0 saturated heterocycles. The monoisotopic (exact) mass is 593 g/mol.